The summed E-state index contributed by atoms with van der Waals surface area (Å²) in [5.74, 6) is -3.82. The molecule has 6 saturated carbocycles. The summed E-state index contributed by atoms with van der Waals surface area (Å²) in [5.41, 5.74) is -6.44. The Balaban J connectivity index is 0.000000153. The molecule has 0 amide bonds. The average molecular weight is 1870 g/mol. The molecule has 8 fully saturated rings. The van der Waals surface area contributed by atoms with Crippen molar-refractivity contribution in [2.45, 2.75) is 160 Å². The Labute approximate surface area is 715 Å². The molecule has 8 aliphatic rings. The standard InChI is InChI=1S/3C18H15S.C14H17F5O5S.C9H12O8S2.C6H10F3NO2S.C2H3F3O3S/c3*1-4-10-16(11-5-1)19(17-12-6-2-7-13-17)18-14-8-3-9-15-18;15-13(16,17)10(14(18,19)25(21,22)23)24-11(20)12-4-7-1-8(5-12)3-9(2-7)6-12;10-7(3-18(11,12)13)16-8-4-1-5-6(2-4)19(14,15)17-9(5)8;7-6(8,9)13(11,12)10-4-2-1-3-5-10;3-1-2(4,5)9(6,7)8/h3*1-15H;7-10H,1-6H2,(H,21,22,23);4-6,8-9H,1-3H2,(H,11,12,13);1-5H2;1H2,(H,6,7,8)/q3*+1;;;;/p-3. The van der Waals surface area contributed by atoms with Crippen LogP contribution in [-0.4, -0.2) is 143 Å². The molecule has 2 aliphatic heterocycles. The van der Waals surface area contributed by atoms with E-state index in [-0.39, 0.29) is 94.6 Å². The van der Waals surface area contributed by atoms with E-state index in [9.17, 15) is 114 Å². The number of benzene rings is 9. The smallest absolute Gasteiger partial charge is 0.511 e. The van der Waals surface area contributed by atoms with Gasteiger partial charge < -0.3 is 23.1 Å². The zero-order valence-corrected chi connectivity index (χ0v) is 71.5. The normalized spacial score (nSPS) is 22.2. The number of nitrogens with zero attached hydrogens (tertiary/aromatic N) is 1. The number of esters is 2. The van der Waals surface area contributed by atoms with Gasteiger partial charge in [0.05, 0.1) is 43.3 Å². The molecule has 0 N–H and O–H groups in total. The zero-order chi connectivity index (χ0) is 89.4. The van der Waals surface area contributed by atoms with Crippen LogP contribution in [0, 0.1) is 35.0 Å². The van der Waals surface area contributed by atoms with Crippen molar-refractivity contribution in [1.82, 2.24) is 4.31 Å². The Kier molecular flexibility index (Phi) is 32.7. The van der Waals surface area contributed by atoms with Crippen molar-refractivity contribution in [3.63, 3.8) is 0 Å². The first-order chi connectivity index (χ1) is 57.9. The van der Waals surface area contributed by atoms with E-state index in [1.54, 1.807) is 0 Å². The van der Waals surface area contributed by atoms with Crippen LogP contribution in [-0.2, 0) is 106 Å². The maximum atomic E-state index is 13.5. The number of rotatable bonds is 19. The van der Waals surface area contributed by atoms with Gasteiger partial charge in [-0.2, -0.15) is 56.6 Å². The summed E-state index contributed by atoms with van der Waals surface area (Å²) in [4.78, 5) is 35.9. The summed E-state index contributed by atoms with van der Waals surface area (Å²) in [6.07, 6.45) is -5.66. The fourth-order valence-electron chi connectivity index (χ4n) is 16.0. The predicted octanol–water partition coefficient (Wildman–Crippen LogP) is 17.2. The van der Waals surface area contributed by atoms with Gasteiger partial charge in [-0.3, -0.25) is 13.8 Å². The molecule has 38 heteroatoms. The molecule has 0 aromatic heterocycles. The third-order valence-corrected chi connectivity index (χ3v) is 33.3. The number of piperidine rings is 1. The van der Waals surface area contributed by atoms with Crippen molar-refractivity contribution in [1.29, 1.82) is 0 Å². The fourth-order valence-corrected chi connectivity index (χ4v) is 26.1. The molecular weight excluding hydrogens is 1790 g/mol. The van der Waals surface area contributed by atoms with Crippen LogP contribution in [0.4, 0.5) is 48.3 Å². The molecule has 123 heavy (non-hydrogen) atoms. The van der Waals surface area contributed by atoms with Crippen molar-refractivity contribution in [3.8, 4) is 0 Å². The van der Waals surface area contributed by atoms with Gasteiger partial charge in [-0.15, -0.1) is 0 Å². The monoisotopic (exact) mass is 1870 g/mol. The van der Waals surface area contributed by atoms with Crippen LogP contribution in [0.25, 0.3) is 0 Å². The maximum absolute atomic E-state index is 13.5. The van der Waals surface area contributed by atoms with Crippen LogP contribution in [0.1, 0.15) is 70.6 Å². The van der Waals surface area contributed by atoms with E-state index in [1.165, 1.54) is 44.1 Å². The number of hydrogen-bond acceptors (Lipinski definition) is 18. The van der Waals surface area contributed by atoms with Crippen molar-refractivity contribution >= 4 is 95.1 Å². The van der Waals surface area contributed by atoms with E-state index in [0.717, 1.165) is 25.7 Å². The highest BCUT2D eigenvalue weighted by Crippen LogP contribution is 2.61. The van der Waals surface area contributed by atoms with Crippen molar-refractivity contribution in [2.75, 3.05) is 25.5 Å². The molecule has 2 saturated heterocycles. The highest BCUT2D eigenvalue weighted by atomic mass is 32.2. The summed E-state index contributed by atoms with van der Waals surface area (Å²) >= 11 is 0. The van der Waals surface area contributed by atoms with E-state index in [2.05, 4.69) is 278 Å². The van der Waals surface area contributed by atoms with E-state index in [0.29, 0.717) is 30.0 Å². The lowest BCUT2D eigenvalue weighted by molar-refractivity contribution is -0.266. The summed E-state index contributed by atoms with van der Waals surface area (Å²) in [7, 11) is -25.9. The second kappa shape index (κ2) is 41.5. The zero-order valence-electron chi connectivity index (χ0n) is 65.0. The second-order valence-corrected chi connectivity index (χ2v) is 43.7. The SMILES string of the molecule is O=C(CS(=O)(=O)[O-])OC1C2CC3C1OS(=O)(=O)C3C2.O=C(OC(C(F)(F)F)C(F)(F)S(=O)(=O)[O-])C12CC3CC(CC(C3)C1)C2.O=S(=O)(N1CCCCC1)C(F)(F)F.O=S(=O)([O-])C(F)(F)CF.c1ccc([S+](c2ccccc2)c2ccccc2)cc1.c1ccc([S+](c2ccccc2)c2ccccc2)cc1.c1ccc([S+](c2ccccc2)c2ccccc2)cc1. The number of hydrogen-bond donors (Lipinski definition) is 0. The minimum Gasteiger partial charge on any atom is -0.748 e. The third kappa shape index (κ3) is 25.3. The molecular formula is C85H84F11NO18S8. The first-order valence-corrected chi connectivity index (χ1v) is 49.2. The number of alkyl halides is 11. The van der Waals surface area contributed by atoms with Crippen molar-refractivity contribution in [3.05, 3.63) is 273 Å². The number of fused-ring (bicyclic) bond motifs is 1. The summed E-state index contributed by atoms with van der Waals surface area (Å²) in [5, 5.41) is -11.1. The fraction of sp³-hybridized carbons (Fsp3) is 0.341. The van der Waals surface area contributed by atoms with E-state index < -0.39 is 126 Å². The molecule has 6 unspecified atom stereocenters. The lowest BCUT2D eigenvalue weighted by atomic mass is 9.49. The Bertz CT molecular complexity index is 4910. The van der Waals surface area contributed by atoms with Crippen molar-refractivity contribution < 1.29 is 127 Å². The molecule has 19 nitrogen and oxygen atoms in total. The summed E-state index contributed by atoms with van der Waals surface area (Å²) < 4.78 is 286. The van der Waals surface area contributed by atoms with E-state index in [4.69, 9.17) is 8.92 Å². The van der Waals surface area contributed by atoms with Crippen LogP contribution in [0.5, 0.6) is 0 Å². The number of carbonyl (C=O) groups excluding carboxylic acids is 2. The third-order valence-electron chi connectivity index (χ3n) is 20.9. The summed E-state index contributed by atoms with van der Waals surface area (Å²) in [6.45, 7) is -2.50. The lowest BCUT2D eigenvalue weighted by Gasteiger charge is -2.55. The molecule has 9 aromatic carbocycles. The molecule has 17 rings (SSSR count). The van der Waals surface area contributed by atoms with E-state index in [1.807, 2.05) is 0 Å². The molecule has 2 heterocycles. The van der Waals surface area contributed by atoms with Gasteiger partial charge in [-0.25, -0.2) is 38.1 Å². The van der Waals surface area contributed by atoms with Crippen LogP contribution in [0.3, 0.4) is 0 Å². The first kappa shape index (κ1) is 97.0. The summed E-state index contributed by atoms with van der Waals surface area (Å²) in [6, 6.07) is 96.5. The minimum absolute atomic E-state index is 0.0121. The van der Waals surface area contributed by atoms with Gasteiger partial charge in [0.15, 0.2) is 71.0 Å². The van der Waals surface area contributed by atoms with Crippen LogP contribution in [0.15, 0.2) is 317 Å². The van der Waals surface area contributed by atoms with E-state index >= 15 is 0 Å². The molecule has 6 atom stereocenters. The van der Waals surface area contributed by atoms with Gasteiger partial charge >= 0.3 is 44.2 Å². The molecule has 6 bridgehead atoms. The van der Waals surface area contributed by atoms with Crippen LogP contribution in [0.2, 0.25) is 0 Å². The van der Waals surface area contributed by atoms with Crippen LogP contribution < -0.4 is 0 Å². The largest absolute Gasteiger partial charge is 0.748 e. The quantitative estimate of drug-likeness (QED) is 0.0239. The number of ether oxygens (including phenoxy) is 2. The number of sulfonamides is 1. The highest BCUT2D eigenvalue weighted by Gasteiger charge is 2.67. The Morgan fingerprint density at radius 1 is 0.455 bits per heavy atom. The topological polar surface area (TPSA) is 305 Å². The van der Waals surface area contributed by atoms with Gasteiger partial charge in [0, 0.05) is 24.9 Å². The molecule has 662 valence electrons. The molecule has 6 aliphatic carbocycles. The number of halogens is 11. The molecule has 0 radical (unpaired) electrons. The van der Waals surface area contributed by atoms with Gasteiger partial charge in [0.25, 0.3) is 16.2 Å². The van der Waals surface area contributed by atoms with Gasteiger partial charge in [-0.1, -0.05) is 170 Å². The Hall–Kier alpha value is -8.25. The minimum atomic E-state index is -6.67. The molecule has 9 aromatic rings. The first-order valence-electron chi connectivity index (χ1n) is 38.2. The second-order valence-electron chi connectivity index (χ2n) is 29.6. The maximum Gasteiger partial charge on any atom is 0.511 e. The van der Waals surface area contributed by atoms with Gasteiger partial charge in [0.2, 0.25) is 0 Å². The van der Waals surface area contributed by atoms with Crippen LogP contribution >= 0.6 is 0 Å². The Morgan fingerprint density at radius 2 is 0.756 bits per heavy atom. The average Bonchev–Trinajstić information content (AvgIpc) is 1.59. The lowest BCUT2D eigenvalue weighted by Crippen LogP contribution is -2.56. The number of carbonyl (C=O) groups is 2. The molecule has 0 spiro atoms. The van der Waals surface area contributed by atoms with Gasteiger partial charge in [-0.05, 0) is 191 Å². The Morgan fingerprint density at radius 3 is 1.00 bits per heavy atom. The van der Waals surface area contributed by atoms with Gasteiger partial charge in [0.1, 0.15) is 28.1 Å². The highest BCUT2D eigenvalue weighted by molar-refractivity contribution is 7.97. The predicted molar refractivity (Wildman–Crippen MR) is 435 cm³/mol. The van der Waals surface area contributed by atoms with Crippen molar-refractivity contribution in [2.24, 2.45) is 35.0 Å².